The van der Waals surface area contributed by atoms with Gasteiger partial charge in [-0.05, 0) is 42.2 Å². The molecule has 0 aliphatic heterocycles. The van der Waals surface area contributed by atoms with E-state index in [-0.39, 0.29) is 23.6 Å². The average Bonchev–Trinajstić information content (AvgIpc) is 3.24. The molecule has 45 heavy (non-hydrogen) atoms. The van der Waals surface area contributed by atoms with Crippen LogP contribution in [0.5, 0.6) is 0 Å². The smallest absolute Gasteiger partial charge is 0.323 e. The van der Waals surface area contributed by atoms with E-state index in [2.05, 4.69) is 32.4 Å². The number of carbonyl (C=O) groups excluding carboxylic acids is 3. The number of esters is 2. The first-order chi connectivity index (χ1) is 21.3. The minimum Gasteiger partial charge on any atom is -0.456 e. The van der Waals surface area contributed by atoms with Crippen LogP contribution in [0.25, 0.3) is 11.2 Å². The Labute approximate surface area is 269 Å². The lowest BCUT2D eigenvalue weighted by molar-refractivity contribution is -0.177. The van der Waals surface area contributed by atoms with Crippen LogP contribution < -0.4 is 22.1 Å². The maximum absolute atomic E-state index is 13.5. The summed E-state index contributed by atoms with van der Waals surface area (Å²) in [5, 5.41) is 5.75. The molecule has 13 nitrogen and oxygen atoms in total. The van der Waals surface area contributed by atoms with Crippen molar-refractivity contribution < 1.29 is 23.9 Å². The van der Waals surface area contributed by atoms with Crippen LogP contribution in [0.4, 0.5) is 5.82 Å². The Hall–Kier alpha value is -3.77. The minimum absolute atomic E-state index is 0.214. The number of amides is 1. The molecule has 1 amide bonds. The highest BCUT2D eigenvalue weighted by atomic mass is 35.5. The molecular weight excluding hydrogens is 620 g/mol. The molecule has 2 aliphatic rings. The Morgan fingerprint density at radius 1 is 1.07 bits per heavy atom. The van der Waals surface area contributed by atoms with Gasteiger partial charge in [0.05, 0.1) is 27.0 Å². The first-order valence-corrected chi connectivity index (χ1v) is 15.9. The molecule has 15 heteroatoms. The summed E-state index contributed by atoms with van der Waals surface area (Å²) >= 11 is 7.39. The third-order valence-corrected chi connectivity index (χ3v) is 9.74. The zero-order valence-electron chi connectivity index (χ0n) is 25.8. The molecule has 0 bridgehead atoms. The van der Waals surface area contributed by atoms with Gasteiger partial charge in [-0.15, -0.1) is 11.3 Å². The van der Waals surface area contributed by atoms with E-state index in [0.29, 0.717) is 27.7 Å². The Morgan fingerprint density at radius 3 is 2.31 bits per heavy atom. The SMILES string of the molecule is CNC(=O)C12CC1C(n1cnc3c(NC)nc(C#Cc4ccc(Cl)s4)nc31)C(OC(=O)C(N)C(C)C)C2OC(=O)C(N)C(C)C. The van der Waals surface area contributed by atoms with E-state index in [9.17, 15) is 14.4 Å². The van der Waals surface area contributed by atoms with Crippen LogP contribution in [0, 0.1) is 35.0 Å². The van der Waals surface area contributed by atoms with Gasteiger partial charge in [-0.3, -0.25) is 14.4 Å². The molecule has 3 aromatic heterocycles. The second-order valence-corrected chi connectivity index (χ2v) is 13.8. The van der Waals surface area contributed by atoms with Crippen LogP contribution in [0.1, 0.15) is 50.9 Å². The summed E-state index contributed by atoms with van der Waals surface area (Å²) in [4.78, 5) is 54.6. The molecule has 0 aromatic carbocycles. The number of thiophene rings is 1. The standard InChI is InChI=1S/C30H37ClN8O5S/c1-13(2)19(32)27(40)43-23-22(16-11-30(16,29(42)35-6)24(23)44-28(41)20(33)14(3)4)39-12-36-21-25(34-5)37-18(38-26(21)39)10-8-15-7-9-17(31)45-15/h7,9,12-14,16,19-20,22-24H,11,32-33H2,1-6H3,(H,35,42)(H,34,37,38). The summed E-state index contributed by atoms with van der Waals surface area (Å²) in [6, 6.07) is 0.973. The molecule has 2 fully saturated rings. The van der Waals surface area contributed by atoms with Crippen molar-refractivity contribution in [3.63, 3.8) is 0 Å². The van der Waals surface area contributed by atoms with Crippen LogP contribution in [-0.4, -0.2) is 75.8 Å². The van der Waals surface area contributed by atoms with Gasteiger partial charge in [-0.1, -0.05) is 39.3 Å². The Bertz CT molecular complexity index is 1700. The lowest BCUT2D eigenvalue weighted by Crippen LogP contribution is -2.50. The summed E-state index contributed by atoms with van der Waals surface area (Å²) in [5.74, 6) is 4.09. The highest BCUT2D eigenvalue weighted by molar-refractivity contribution is 7.16. The fourth-order valence-electron chi connectivity index (χ4n) is 5.86. The number of imidazole rings is 1. The van der Waals surface area contributed by atoms with Crippen LogP contribution in [0.3, 0.4) is 0 Å². The quantitative estimate of drug-likeness (QED) is 0.195. The molecule has 2 saturated carbocycles. The Morgan fingerprint density at radius 2 is 1.73 bits per heavy atom. The van der Waals surface area contributed by atoms with Crippen molar-refractivity contribution in [1.82, 2.24) is 24.8 Å². The van der Waals surface area contributed by atoms with Crippen LogP contribution in [-0.2, 0) is 23.9 Å². The number of nitrogens with one attached hydrogen (secondary N) is 2. The number of hydrogen-bond acceptors (Lipinski definition) is 12. The summed E-state index contributed by atoms with van der Waals surface area (Å²) in [6.07, 6.45) is -0.318. The number of carbonyl (C=O) groups is 3. The van der Waals surface area contributed by atoms with Crippen molar-refractivity contribution in [1.29, 1.82) is 0 Å². The van der Waals surface area contributed by atoms with E-state index in [1.54, 1.807) is 57.8 Å². The molecule has 0 saturated heterocycles. The molecule has 2 aliphatic carbocycles. The van der Waals surface area contributed by atoms with Crippen molar-refractivity contribution in [3.05, 3.63) is 33.5 Å². The summed E-state index contributed by atoms with van der Waals surface area (Å²) in [6.45, 7) is 7.18. The zero-order valence-corrected chi connectivity index (χ0v) is 27.4. The van der Waals surface area contributed by atoms with Gasteiger partial charge in [-0.2, -0.15) is 0 Å². The van der Waals surface area contributed by atoms with Gasteiger partial charge in [0, 0.05) is 20.0 Å². The van der Waals surface area contributed by atoms with Crippen LogP contribution in [0.15, 0.2) is 18.5 Å². The van der Waals surface area contributed by atoms with E-state index < -0.39 is 53.6 Å². The number of ether oxygens (including phenoxy) is 2. The predicted molar refractivity (Wildman–Crippen MR) is 169 cm³/mol. The molecule has 3 heterocycles. The number of rotatable bonds is 9. The molecule has 0 radical (unpaired) electrons. The topological polar surface area (TPSA) is 189 Å². The van der Waals surface area contributed by atoms with Crippen LogP contribution in [0.2, 0.25) is 4.34 Å². The Kier molecular flexibility index (Phi) is 9.10. The zero-order chi connectivity index (χ0) is 32.8. The second-order valence-electron chi connectivity index (χ2n) is 12.0. The number of nitrogens with zero attached hydrogens (tertiary/aromatic N) is 4. The molecule has 240 valence electrons. The molecule has 0 spiro atoms. The van der Waals surface area contributed by atoms with Gasteiger partial charge in [0.25, 0.3) is 0 Å². The van der Waals surface area contributed by atoms with Crippen molar-refractivity contribution >= 4 is 57.8 Å². The maximum Gasteiger partial charge on any atom is 0.323 e. The average molecular weight is 657 g/mol. The van der Waals surface area contributed by atoms with Gasteiger partial charge in [0.1, 0.15) is 12.1 Å². The summed E-state index contributed by atoms with van der Waals surface area (Å²) in [5.41, 5.74) is 12.0. The minimum atomic E-state index is -1.17. The van der Waals surface area contributed by atoms with Gasteiger partial charge < -0.3 is 36.1 Å². The molecular formula is C30H37ClN8O5S. The third-order valence-electron chi connectivity index (χ3n) is 8.59. The summed E-state index contributed by atoms with van der Waals surface area (Å²) in [7, 11) is 3.22. The molecule has 3 aromatic rings. The second kappa shape index (κ2) is 12.6. The lowest BCUT2D eigenvalue weighted by Gasteiger charge is -2.32. The van der Waals surface area contributed by atoms with E-state index in [0.717, 1.165) is 4.88 Å². The van der Waals surface area contributed by atoms with Crippen molar-refractivity contribution in [2.45, 2.75) is 64.4 Å². The van der Waals surface area contributed by atoms with E-state index in [4.69, 9.17) is 37.5 Å². The molecule has 7 atom stereocenters. The number of fused-ring (bicyclic) bond motifs is 2. The third kappa shape index (κ3) is 5.85. The normalized spacial score (nSPS) is 24.9. The molecule has 6 N–H and O–H groups in total. The highest BCUT2D eigenvalue weighted by Crippen LogP contribution is 2.69. The van der Waals surface area contributed by atoms with E-state index in [1.807, 2.05) is 0 Å². The highest BCUT2D eigenvalue weighted by Gasteiger charge is 2.78. The van der Waals surface area contributed by atoms with Crippen molar-refractivity contribution in [3.8, 4) is 11.8 Å². The van der Waals surface area contributed by atoms with Crippen LogP contribution >= 0.6 is 22.9 Å². The monoisotopic (exact) mass is 656 g/mol. The Balaban J connectivity index is 1.64. The largest absolute Gasteiger partial charge is 0.456 e. The van der Waals surface area contributed by atoms with Gasteiger partial charge in [-0.25, -0.2) is 15.0 Å². The first-order valence-electron chi connectivity index (χ1n) is 14.7. The fourth-order valence-corrected chi connectivity index (χ4v) is 6.76. The number of anilines is 1. The number of nitrogens with two attached hydrogens (primary N) is 2. The number of hydrogen-bond donors (Lipinski definition) is 4. The predicted octanol–water partition coefficient (Wildman–Crippen LogP) is 2.08. The first kappa shape index (κ1) is 32.6. The summed E-state index contributed by atoms with van der Waals surface area (Å²) < 4.78 is 14.4. The maximum atomic E-state index is 13.5. The van der Waals surface area contributed by atoms with E-state index >= 15 is 0 Å². The van der Waals surface area contributed by atoms with Crippen molar-refractivity contribution in [2.24, 2.45) is 34.6 Å². The molecule has 7 unspecified atom stereocenters. The number of aromatic nitrogens is 4. The van der Waals surface area contributed by atoms with E-state index in [1.165, 1.54) is 18.4 Å². The van der Waals surface area contributed by atoms with Crippen molar-refractivity contribution in [2.75, 3.05) is 19.4 Å². The fraction of sp³-hybridized carbons (Fsp3) is 0.533. The number of halogens is 1. The lowest BCUT2D eigenvalue weighted by atomic mass is 9.96. The van der Waals surface area contributed by atoms with Gasteiger partial charge in [0.2, 0.25) is 11.7 Å². The van der Waals surface area contributed by atoms with Gasteiger partial charge in [0.15, 0.2) is 29.2 Å². The molecule has 5 rings (SSSR count). The van der Waals surface area contributed by atoms with Gasteiger partial charge >= 0.3 is 11.9 Å².